The van der Waals surface area contributed by atoms with Gasteiger partial charge in [0.05, 0.1) is 0 Å². The molecular formula is C18H24N2. The van der Waals surface area contributed by atoms with Gasteiger partial charge in [0.15, 0.2) is 0 Å². The van der Waals surface area contributed by atoms with Crippen LogP contribution in [-0.2, 0) is 12.8 Å². The average Bonchev–Trinajstić information content (AvgIpc) is 2.47. The monoisotopic (exact) mass is 268 g/mol. The summed E-state index contributed by atoms with van der Waals surface area (Å²) >= 11 is 0. The van der Waals surface area contributed by atoms with E-state index in [1.165, 1.54) is 27.8 Å². The van der Waals surface area contributed by atoms with Gasteiger partial charge in [-0.15, -0.1) is 0 Å². The normalized spacial score (nSPS) is 12.4. The van der Waals surface area contributed by atoms with Crippen molar-refractivity contribution in [3.63, 3.8) is 0 Å². The molecule has 1 aromatic heterocycles. The first-order valence-electron chi connectivity index (χ1n) is 7.32. The van der Waals surface area contributed by atoms with E-state index in [0.29, 0.717) is 6.04 Å². The molecule has 0 bridgehead atoms. The lowest BCUT2D eigenvalue weighted by atomic mass is 9.91. The summed E-state index contributed by atoms with van der Waals surface area (Å²) in [6.07, 6.45) is 5.92. The highest BCUT2D eigenvalue weighted by atomic mass is 14.9. The third kappa shape index (κ3) is 3.07. The molecule has 2 aromatic rings. The molecule has 0 spiro atoms. The molecule has 2 nitrogen and oxygen atoms in total. The number of hydrogen-bond donors (Lipinski definition) is 1. The van der Waals surface area contributed by atoms with Crippen molar-refractivity contribution in [3.05, 3.63) is 64.5 Å². The van der Waals surface area contributed by atoms with Gasteiger partial charge in [0.25, 0.3) is 0 Å². The lowest BCUT2D eigenvalue weighted by molar-refractivity contribution is 0.583. The van der Waals surface area contributed by atoms with Crippen LogP contribution in [0.25, 0.3) is 0 Å². The molecule has 1 atom stereocenters. The van der Waals surface area contributed by atoms with E-state index >= 15 is 0 Å². The van der Waals surface area contributed by atoms with Crippen molar-refractivity contribution in [1.29, 1.82) is 0 Å². The highest BCUT2D eigenvalue weighted by Crippen LogP contribution is 2.25. The predicted molar refractivity (Wildman–Crippen MR) is 85.0 cm³/mol. The topological polar surface area (TPSA) is 24.9 Å². The minimum Gasteiger partial charge on any atom is -0.313 e. The molecule has 1 aromatic carbocycles. The third-order valence-corrected chi connectivity index (χ3v) is 4.10. The molecule has 106 valence electrons. The van der Waals surface area contributed by atoms with Crippen LogP contribution >= 0.6 is 0 Å². The van der Waals surface area contributed by atoms with Crippen molar-refractivity contribution in [2.75, 3.05) is 7.05 Å². The molecule has 1 N–H and O–H groups in total. The number of nitrogens with zero attached hydrogens (tertiary/aromatic N) is 1. The number of nitrogens with one attached hydrogen (secondary N) is 1. The Bertz CT molecular complexity index is 555. The molecular weight excluding hydrogens is 244 g/mol. The molecule has 1 heterocycles. The van der Waals surface area contributed by atoms with Crippen molar-refractivity contribution in [2.45, 2.75) is 39.7 Å². The maximum absolute atomic E-state index is 4.25. The fourth-order valence-electron chi connectivity index (χ4n) is 2.82. The van der Waals surface area contributed by atoms with Gasteiger partial charge < -0.3 is 5.32 Å². The van der Waals surface area contributed by atoms with Crippen molar-refractivity contribution in [2.24, 2.45) is 0 Å². The Morgan fingerprint density at radius 3 is 2.45 bits per heavy atom. The summed E-state index contributed by atoms with van der Waals surface area (Å²) in [6, 6.07) is 9.01. The predicted octanol–water partition coefficient (Wildman–Crippen LogP) is 3.76. The van der Waals surface area contributed by atoms with Crippen LogP contribution in [0.2, 0.25) is 0 Å². The second-order valence-electron chi connectivity index (χ2n) is 5.34. The zero-order valence-electron chi connectivity index (χ0n) is 12.9. The van der Waals surface area contributed by atoms with Crippen molar-refractivity contribution >= 4 is 0 Å². The van der Waals surface area contributed by atoms with E-state index in [-0.39, 0.29) is 0 Å². The molecule has 0 aliphatic heterocycles. The Labute approximate surface area is 122 Å². The first kappa shape index (κ1) is 14.7. The Kier molecular flexibility index (Phi) is 4.91. The highest BCUT2D eigenvalue weighted by Gasteiger charge is 2.15. The molecule has 20 heavy (non-hydrogen) atoms. The summed E-state index contributed by atoms with van der Waals surface area (Å²) in [7, 11) is 2.04. The SMILES string of the molecule is CCc1cnccc1C(Cc1c(C)cccc1C)NC. The molecule has 0 radical (unpaired) electrons. The molecule has 0 aliphatic carbocycles. The largest absolute Gasteiger partial charge is 0.313 e. The van der Waals surface area contributed by atoms with Crippen molar-refractivity contribution in [1.82, 2.24) is 10.3 Å². The molecule has 2 heteroatoms. The smallest absolute Gasteiger partial charge is 0.0362 e. The van der Waals surface area contributed by atoms with E-state index in [4.69, 9.17) is 0 Å². The van der Waals surface area contributed by atoms with E-state index in [2.05, 4.69) is 55.3 Å². The minimum absolute atomic E-state index is 0.341. The van der Waals surface area contributed by atoms with Gasteiger partial charge in [-0.25, -0.2) is 0 Å². The molecule has 1 unspecified atom stereocenters. The Morgan fingerprint density at radius 1 is 1.15 bits per heavy atom. The first-order valence-corrected chi connectivity index (χ1v) is 7.32. The minimum atomic E-state index is 0.341. The van der Waals surface area contributed by atoms with E-state index < -0.39 is 0 Å². The summed E-state index contributed by atoms with van der Waals surface area (Å²) in [5, 5.41) is 3.47. The quantitative estimate of drug-likeness (QED) is 0.893. The van der Waals surface area contributed by atoms with Crippen LogP contribution in [0.1, 0.15) is 40.8 Å². The van der Waals surface area contributed by atoms with E-state index in [0.717, 1.165) is 12.8 Å². The van der Waals surface area contributed by atoms with Gasteiger partial charge >= 0.3 is 0 Å². The van der Waals surface area contributed by atoms with Crippen LogP contribution in [-0.4, -0.2) is 12.0 Å². The number of pyridine rings is 1. The first-order chi connectivity index (χ1) is 9.67. The summed E-state index contributed by atoms with van der Waals surface area (Å²) in [4.78, 5) is 4.25. The number of likely N-dealkylation sites (N-methyl/N-ethyl adjacent to an activating group) is 1. The third-order valence-electron chi connectivity index (χ3n) is 4.10. The van der Waals surface area contributed by atoms with Crippen molar-refractivity contribution < 1.29 is 0 Å². The Hall–Kier alpha value is -1.67. The van der Waals surface area contributed by atoms with Crippen LogP contribution < -0.4 is 5.32 Å². The molecule has 0 amide bonds. The van der Waals surface area contributed by atoms with Crippen LogP contribution in [0.5, 0.6) is 0 Å². The Morgan fingerprint density at radius 2 is 1.85 bits per heavy atom. The highest BCUT2D eigenvalue weighted by molar-refractivity contribution is 5.36. The number of aromatic nitrogens is 1. The zero-order valence-corrected chi connectivity index (χ0v) is 12.9. The fourth-order valence-corrected chi connectivity index (χ4v) is 2.82. The average molecular weight is 268 g/mol. The standard InChI is InChI=1S/C18H24N2/c1-5-15-12-20-10-9-16(15)18(19-4)11-17-13(2)7-6-8-14(17)3/h6-10,12,18-19H,5,11H2,1-4H3. The van der Waals surface area contributed by atoms with Gasteiger partial charge in [0.1, 0.15) is 0 Å². The summed E-state index contributed by atoms with van der Waals surface area (Å²) in [5.41, 5.74) is 6.89. The van der Waals surface area contributed by atoms with Gasteiger partial charge in [0.2, 0.25) is 0 Å². The van der Waals surface area contributed by atoms with Crippen LogP contribution in [0.4, 0.5) is 0 Å². The summed E-state index contributed by atoms with van der Waals surface area (Å²) < 4.78 is 0. The van der Waals surface area contributed by atoms with E-state index in [1.54, 1.807) is 0 Å². The molecule has 2 rings (SSSR count). The van der Waals surface area contributed by atoms with Gasteiger partial charge in [-0.1, -0.05) is 25.1 Å². The maximum atomic E-state index is 4.25. The number of benzene rings is 1. The van der Waals surface area contributed by atoms with Crippen LogP contribution in [0.15, 0.2) is 36.7 Å². The van der Waals surface area contributed by atoms with Gasteiger partial charge in [-0.3, -0.25) is 4.98 Å². The molecule has 0 saturated heterocycles. The lowest BCUT2D eigenvalue weighted by Crippen LogP contribution is -2.21. The molecule has 0 aliphatic rings. The Balaban J connectivity index is 2.34. The second kappa shape index (κ2) is 6.67. The van der Waals surface area contributed by atoms with E-state index in [9.17, 15) is 0 Å². The van der Waals surface area contributed by atoms with Crippen LogP contribution in [0.3, 0.4) is 0 Å². The van der Waals surface area contributed by atoms with Crippen molar-refractivity contribution in [3.8, 4) is 0 Å². The molecule has 0 fully saturated rings. The zero-order chi connectivity index (χ0) is 14.5. The van der Waals surface area contributed by atoms with Gasteiger partial charge in [-0.2, -0.15) is 0 Å². The second-order valence-corrected chi connectivity index (χ2v) is 5.34. The number of hydrogen-bond acceptors (Lipinski definition) is 2. The fraction of sp³-hybridized carbons (Fsp3) is 0.389. The number of aryl methyl sites for hydroxylation is 3. The molecule has 0 saturated carbocycles. The number of rotatable bonds is 5. The van der Waals surface area contributed by atoms with Crippen LogP contribution in [0, 0.1) is 13.8 Å². The summed E-state index contributed by atoms with van der Waals surface area (Å²) in [5.74, 6) is 0. The van der Waals surface area contributed by atoms with Gasteiger partial charge in [0, 0.05) is 18.4 Å². The lowest BCUT2D eigenvalue weighted by Gasteiger charge is -2.21. The van der Waals surface area contributed by atoms with E-state index in [1.807, 2.05) is 19.4 Å². The summed E-state index contributed by atoms with van der Waals surface area (Å²) in [6.45, 7) is 6.58. The maximum Gasteiger partial charge on any atom is 0.0362 e. The van der Waals surface area contributed by atoms with Gasteiger partial charge in [-0.05, 0) is 67.6 Å².